The van der Waals surface area contributed by atoms with Crippen LogP contribution in [0.25, 0.3) is 0 Å². The first-order chi connectivity index (χ1) is 12.1. The highest BCUT2D eigenvalue weighted by Gasteiger charge is 2.28. The molecule has 8 nitrogen and oxygen atoms in total. The van der Waals surface area contributed by atoms with Gasteiger partial charge in [0.25, 0.3) is 11.8 Å². The highest BCUT2D eigenvalue weighted by molar-refractivity contribution is 5.95. The van der Waals surface area contributed by atoms with E-state index in [1.54, 1.807) is 28.9 Å². The lowest BCUT2D eigenvalue weighted by Crippen LogP contribution is -2.41. The summed E-state index contributed by atoms with van der Waals surface area (Å²) in [7, 11) is 0. The smallest absolute Gasteiger partial charge is 0.274 e. The third-order valence-corrected chi connectivity index (χ3v) is 4.69. The summed E-state index contributed by atoms with van der Waals surface area (Å²) in [6, 6.07) is 3.48. The number of morpholine rings is 1. The third kappa shape index (κ3) is 2.93. The Morgan fingerprint density at radius 3 is 2.60 bits per heavy atom. The number of hydrogen-bond donors (Lipinski definition) is 0. The largest absolute Gasteiger partial charge is 0.469 e. The van der Waals surface area contributed by atoms with Crippen molar-refractivity contribution in [1.29, 1.82) is 0 Å². The lowest BCUT2D eigenvalue weighted by molar-refractivity contribution is 0.0298. The standard InChI is InChI=1S/C17H20N4O4/c1-12-14(2-7-25-12)16(22)20-3-4-21-13(11-20)10-15(18-21)17(23)19-5-8-24-9-6-19/h2,7,10H,3-6,8-9,11H2,1H3. The summed E-state index contributed by atoms with van der Waals surface area (Å²) in [6.45, 7) is 5.65. The van der Waals surface area contributed by atoms with Crippen molar-refractivity contribution in [3.8, 4) is 0 Å². The van der Waals surface area contributed by atoms with E-state index in [-0.39, 0.29) is 11.8 Å². The number of aromatic nitrogens is 2. The van der Waals surface area contributed by atoms with Crippen LogP contribution in [0.4, 0.5) is 0 Å². The maximum absolute atomic E-state index is 12.6. The average molecular weight is 344 g/mol. The van der Waals surface area contributed by atoms with Gasteiger partial charge in [0.1, 0.15) is 5.76 Å². The van der Waals surface area contributed by atoms with Gasteiger partial charge in [0, 0.05) is 19.6 Å². The summed E-state index contributed by atoms with van der Waals surface area (Å²) in [5, 5.41) is 4.43. The number of rotatable bonds is 2. The third-order valence-electron chi connectivity index (χ3n) is 4.69. The summed E-state index contributed by atoms with van der Waals surface area (Å²) in [5.41, 5.74) is 1.89. The average Bonchev–Trinajstić information content (AvgIpc) is 3.26. The van der Waals surface area contributed by atoms with Crippen molar-refractivity contribution in [1.82, 2.24) is 19.6 Å². The number of carbonyl (C=O) groups excluding carboxylic acids is 2. The van der Waals surface area contributed by atoms with Crippen LogP contribution in [0, 0.1) is 6.92 Å². The molecule has 4 rings (SSSR count). The Morgan fingerprint density at radius 1 is 1.08 bits per heavy atom. The normalized spacial score (nSPS) is 17.5. The molecule has 0 spiro atoms. The molecule has 0 N–H and O–H groups in total. The Kier molecular flexibility index (Phi) is 4.04. The molecule has 2 aliphatic heterocycles. The van der Waals surface area contributed by atoms with E-state index in [1.165, 1.54) is 6.26 Å². The zero-order chi connectivity index (χ0) is 17.4. The lowest BCUT2D eigenvalue weighted by Gasteiger charge is -2.27. The van der Waals surface area contributed by atoms with E-state index >= 15 is 0 Å². The van der Waals surface area contributed by atoms with Crippen LogP contribution in [0.15, 0.2) is 22.8 Å². The molecule has 2 amide bonds. The second kappa shape index (κ2) is 6.36. The number of amides is 2. The van der Waals surface area contributed by atoms with E-state index in [4.69, 9.17) is 9.15 Å². The molecule has 2 aromatic rings. The summed E-state index contributed by atoms with van der Waals surface area (Å²) < 4.78 is 12.3. The minimum atomic E-state index is -0.0752. The van der Waals surface area contributed by atoms with Crippen molar-refractivity contribution in [3.63, 3.8) is 0 Å². The van der Waals surface area contributed by atoms with Crippen molar-refractivity contribution >= 4 is 11.8 Å². The number of nitrogens with zero attached hydrogens (tertiary/aromatic N) is 4. The van der Waals surface area contributed by atoms with E-state index in [0.29, 0.717) is 63.0 Å². The lowest BCUT2D eigenvalue weighted by atomic mass is 10.2. The predicted molar refractivity (Wildman–Crippen MR) is 87.1 cm³/mol. The molecule has 0 saturated carbocycles. The molecular weight excluding hydrogens is 324 g/mol. The molecule has 1 saturated heterocycles. The molecule has 0 aliphatic carbocycles. The van der Waals surface area contributed by atoms with E-state index in [2.05, 4.69) is 5.10 Å². The van der Waals surface area contributed by atoms with Crippen LogP contribution in [0.5, 0.6) is 0 Å². The zero-order valence-electron chi connectivity index (χ0n) is 14.1. The van der Waals surface area contributed by atoms with E-state index < -0.39 is 0 Å². The molecule has 25 heavy (non-hydrogen) atoms. The Hall–Kier alpha value is -2.61. The molecule has 0 aromatic carbocycles. The molecule has 0 bridgehead atoms. The van der Waals surface area contributed by atoms with Gasteiger partial charge in [-0.05, 0) is 19.1 Å². The highest BCUT2D eigenvalue weighted by Crippen LogP contribution is 2.19. The van der Waals surface area contributed by atoms with Gasteiger partial charge < -0.3 is 19.0 Å². The number of fused-ring (bicyclic) bond motifs is 1. The number of aryl methyl sites for hydroxylation is 1. The van der Waals surface area contributed by atoms with Crippen LogP contribution in [0.1, 0.15) is 32.3 Å². The summed E-state index contributed by atoms with van der Waals surface area (Å²) in [6.07, 6.45) is 1.52. The number of hydrogen-bond acceptors (Lipinski definition) is 5. The minimum Gasteiger partial charge on any atom is -0.469 e. The summed E-state index contributed by atoms with van der Waals surface area (Å²) in [5.74, 6) is 0.487. The van der Waals surface area contributed by atoms with Crippen molar-refractivity contribution < 1.29 is 18.7 Å². The van der Waals surface area contributed by atoms with Crippen molar-refractivity contribution in [2.24, 2.45) is 0 Å². The molecule has 132 valence electrons. The molecule has 4 heterocycles. The second-order valence-electron chi connectivity index (χ2n) is 6.27. The number of ether oxygens (including phenoxy) is 1. The van der Waals surface area contributed by atoms with E-state index in [9.17, 15) is 9.59 Å². The maximum Gasteiger partial charge on any atom is 0.274 e. The van der Waals surface area contributed by atoms with Gasteiger partial charge in [-0.25, -0.2) is 0 Å². The fourth-order valence-electron chi connectivity index (χ4n) is 3.25. The van der Waals surface area contributed by atoms with Crippen LogP contribution in [0.2, 0.25) is 0 Å². The van der Waals surface area contributed by atoms with E-state index in [1.807, 2.05) is 4.68 Å². The molecule has 1 fully saturated rings. The molecule has 0 atom stereocenters. The Bertz CT molecular complexity index is 803. The SMILES string of the molecule is Cc1occc1C(=O)N1CCn2nc(C(=O)N3CCOCC3)cc2C1. The van der Waals surface area contributed by atoms with Gasteiger partial charge in [-0.1, -0.05) is 0 Å². The van der Waals surface area contributed by atoms with Gasteiger partial charge in [-0.15, -0.1) is 0 Å². The fraction of sp³-hybridized carbons (Fsp3) is 0.471. The number of carbonyl (C=O) groups is 2. The van der Waals surface area contributed by atoms with Crippen LogP contribution >= 0.6 is 0 Å². The first kappa shape index (κ1) is 15.9. The molecule has 8 heteroatoms. The zero-order valence-corrected chi connectivity index (χ0v) is 14.1. The monoisotopic (exact) mass is 344 g/mol. The van der Waals surface area contributed by atoms with Gasteiger partial charge in [-0.2, -0.15) is 5.10 Å². The van der Waals surface area contributed by atoms with E-state index in [0.717, 1.165) is 5.69 Å². The summed E-state index contributed by atoms with van der Waals surface area (Å²) in [4.78, 5) is 28.7. The second-order valence-corrected chi connectivity index (χ2v) is 6.27. The Balaban J connectivity index is 1.50. The van der Waals surface area contributed by atoms with Crippen molar-refractivity contribution in [2.45, 2.75) is 20.0 Å². The van der Waals surface area contributed by atoms with Crippen molar-refractivity contribution in [2.75, 3.05) is 32.8 Å². The van der Waals surface area contributed by atoms with Crippen LogP contribution < -0.4 is 0 Å². The van der Waals surface area contributed by atoms with Crippen LogP contribution in [-0.4, -0.2) is 64.2 Å². The maximum atomic E-state index is 12.6. The van der Waals surface area contributed by atoms with Crippen molar-refractivity contribution in [3.05, 3.63) is 41.1 Å². The quantitative estimate of drug-likeness (QED) is 0.809. The Labute approximate surface area is 144 Å². The first-order valence-electron chi connectivity index (χ1n) is 8.40. The first-order valence-corrected chi connectivity index (χ1v) is 8.40. The van der Waals surface area contributed by atoms with Gasteiger partial charge >= 0.3 is 0 Å². The van der Waals surface area contributed by atoms with Crippen LogP contribution in [-0.2, 0) is 17.8 Å². The highest BCUT2D eigenvalue weighted by atomic mass is 16.5. The molecule has 0 radical (unpaired) electrons. The fourth-order valence-corrected chi connectivity index (χ4v) is 3.25. The minimum absolute atomic E-state index is 0.0558. The van der Waals surface area contributed by atoms with Crippen LogP contribution in [0.3, 0.4) is 0 Å². The number of furan rings is 1. The van der Waals surface area contributed by atoms with Gasteiger partial charge in [-0.3, -0.25) is 14.3 Å². The molecule has 2 aliphatic rings. The molecule has 2 aromatic heterocycles. The topological polar surface area (TPSA) is 80.8 Å². The molecule has 0 unspecified atom stereocenters. The van der Waals surface area contributed by atoms with Gasteiger partial charge in [0.15, 0.2) is 5.69 Å². The predicted octanol–water partition coefficient (Wildman–Crippen LogP) is 0.913. The van der Waals surface area contributed by atoms with Gasteiger partial charge in [0.2, 0.25) is 0 Å². The van der Waals surface area contributed by atoms with Gasteiger partial charge in [0.05, 0.1) is 43.8 Å². The summed E-state index contributed by atoms with van der Waals surface area (Å²) >= 11 is 0. The Morgan fingerprint density at radius 2 is 1.88 bits per heavy atom. The molecular formula is C17H20N4O4.